The Hall–Kier alpha value is -2.39. The maximum absolute atomic E-state index is 12.5. The Bertz CT molecular complexity index is 1030. The van der Waals surface area contributed by atoms with Crippen molar-refractivity contribution >= 4 is 48.5 Å². The van der Waals surface area contributed by atoms with Gasteiger partial charge in [-0.2, -0.15) is 5.10 Å². The first-order chi connectivity index (χ1) is 11.4. The van der Waals surface area contributed by atoms with Crippen molar-refractivity contribution < 1.29 is 17.9 Å². The number of aromatic nitrogens is 2. The van der Waals surface area contributed by atoms with Gasteiger partial charge < -0.3 is 4.74 Å². The van der Waals surface area contributed by atoms with Crippen LogP contribution in [0.4, 0.5) is 5.69 Å². The number of rotatable bonds is 4. The number of nitrogens with zero attached hydrogens (tertiary/aromatic N) is 1. The monoisotopic (exact) mass is 409 g/mol. The van der Waals surface area contributed by atoms with E-state index in [1.807, 2.05) is 0 Å². The van der Waals surface area contributed by atoms with Crippen molar-refractivity contribution in [2.24, 2.45) is 0 Å². The van der Waals surface area contributed by atoms with Crippen molar-refractivity contribution in [2.45, 2.75) is 4.90 Å². The number of anilines is 1. The molecule has 0 amide bonds. The van der Waals surface area contributed by atoms with Crippen LogP contribution in [0, 0.1) is 0 Å². The third kappa shape index (κ3) is 3.13. The molecule has 0 aliphatic carbocycles. The summed E-state index contributed by atoms with van der Waals surface area (Å²) in [6, 6.07) is 11.1. The van der Waals surface area contributed by atoms with Gasteiger partial charge in [-0.05, 0) is 36.4 Å². The van der Waals surface area contributed by atoms with Gasteiger partial charge in [-0.1, -0.05) is 22.0 Å². The largest absolute Gasteiger partial charge is 0.464 e. The molecule has 0 saturated heterocycles. The van der Waals surface area contributed by atoms with E-state index in [0.717, 1.165) is 0 Å². The zero-order valence-electron chi connectivity index (χ0n) is 12.4. The van der Waals surface area contributed by atoms with Crippen molar-refractivity contribution in [1.29, 1.82) is 0 Å². The minimum atomic E-state index is -3.75. The fraction of sp³-hybridized carbons (Fsp3) is 0.0667. The number of halogens is 1. The number of fused-ring (bicyclic) bond motifs is 1. The summed E-state index contributed by atoms with van der Waals surface area (Å²) >= 11 is 3.24. The molecular formula is C15H12BrN3O4S. The number of hydrogen-bond acceptors (Lipinski definition) is 5. The topological polar surface area (TPSA) is 101 Å². The van der Waals surface area contributed by atoms with Gasteiger partial charge in [0.2, 0.25) is 0 Å². The quantitative estimate of drug-likeness (QED) is 0.645. The molecule has 0 aliphatic heterocycles. The molecule has 0 radical (unpaired) electrons. The number of carbonyl (C=O) groups is 1. The number of aromatic amines is 1. The minimum absolute atomic E-state index is 0.0935. The first-order valence-corrected chi connectivity index (χ1v) is 9.03. The van der Waals surface area contributed by atoms with Crippen LogP contribution in [-0.4, -0.2) is 31.7 Å². The Kier molecular flexibility index (Phi) is 4.29. The van der Waals surface area contributed by atoms with E-state index >= 15 is 0 Å². The van der Waals surface area contributed by atoms with E-state index in [4.69, 9.17) is 0 Å². The SMILES string of the molecule is COC(=O)c1n[nH]c2ccc(NS(=O)(=O)c3cccc(Br)c3)cc12. The molecule has 1 heterocycles. The number of esters is 1. The van der Waals surface area contributed by atoms with Crippen molar-refractivity contribution in [3.63, 3.8) is 0 Å². The lowest BCUT2D eigenvalue weighted by Gasteiger charge is -2.08. The van der Waals surface area contributed by atoms with Crippen LogP contribution in [0.25, 0.3) is 10.9 Å². The number of benzene rings is 2. The third-order valence-corrected chi connectivity index (χ3v) is 5.17. The van der Waals surface area contributed by atoms with Crippen LogP contribution in [-0.2, 0) is 14.8 Å². The summed E-state index contributed by atoms with van der Waals surface area (Å²) in [6.07, 6.45) is 0. The van der Waals surface area contributed by atoms with Crippen LogP contribution >= 0.6 is 15.9 Å². The molecule has 3 aromatic rings. The summed E-state index contributed by atoms with van der Waals surface area (Å²) in [6.45, 7) is 0. The molecule has 9 heteroatoms. The number of hydrogen-bond donors (Lipinski definition) is 2. The van der Waals surface area contributed by atoms with E-state index in [1.165, 1.54) is 25.3 Å². The van der Waals surface area contributed by atoms with Gasteiger partial charge in [0.15, 0.2) is 5.69 Å². The molecule has 0 atom stereocenters. The molecule has 2 aromatic carbocycles. The van der Waals surface area contributed by atoms with E-state index in [1.54, 1.807) is 24.3 Å². The van der Waals surface area contributed by atoms with E-state index in [2.05, 4.69) is 35.6 Å². The molecule has 0 fully saturated rings. The fourth-order valence-corrected chi connectivity index (χ4v) is 3.82. The zero-order valence-corrected chi connectivity index (χ0v) is 14.8. The molecule has 0 spiro atoms. The van der Waals surface area contributed by atoms with Crippen LogP contribution in [0.2, 0.25) is 0 Å². The molecule has 0 aliphatic rings. The highest BCUT2D eigenvalue weighted by atomic mass is 79.9. The third-order valence-electron chi connectivity index (χ3n) is 3.30. The summed E-state index contributed by atoms with van der Waals surface area (Å²) in [5.74, 6) is -0.603. The van der Waals surface area contributed by atoms with Crippen LogP contribution in [0.1, 0.15) is 10.5 Å². The fourth-order valence-electron chi connectivity index (χ4n) is 2.18. The summed E-state index contributed by atoms with van der Waals surface area (Å²) in [5.41, 5.74) is 1.01. The molecular weight excluding hydrogens is 398 g/mol. The van der Waals surface area contributed by atoms with Gasteiger partial charge >= 0.3 is 5.97 Å². The lowest BCUT2D eigenvalue weighted by Crippen LogP contribution is -2.12. The first kappa shape index (κ1) is 16.5. The molecule has 0 unspecified atom stereocenters. The number of methoxy groups -OCH3 is 1. The van der Waals surface area contributed by atoms with Crippen LogP contribution in [0.15, 0.2) is 51.8 Å². The average Bonchev–Trinajstić information content (AvgIpc) is 2.97. The van der Waals surface area contributed by atoms with E-state index in [0.29, 0.717) is 21.1 Å². The van der Waals surface area contributed by atoms with E-state index in [9.17, 15) is 13.2 Å². The molecule has 0 saturated carbocycles. The molecule has 1 aromatic heterocycles. The Morgan fingerprint density at radius 3 is 2.75 bits per heavy atom. The van der Waals surface area contributed by atoms with E-state index in [-0.39, 0.29) is 10.6 Å². The Labute approximate surface area is 146 Å². The summed E-state index contributed by atoms with van der Waals surface area (Å²) in [7, 11) is -2.50. The van der Waals surface area contributed by atoms with Crippen molar-refractivity contribution in [1.82, 2.24) is 10.2 Å². The lowest BCUT2D eigenvalue weighted by atomic mass is 10.2. The number of ether oxygens (including phenoxy) is 1. The Morgan fingerprint density at radius 1 is 1.25 bits per heavy atom. The summed E-state index contributed by atoms with van der Waals surface area (Å²) in [4.78, 5) is 11.8. The average molecular weight is 410 g/mol. The predicted molar refractivity (Wildman–Crippen MR) is 92.4 cm³/mol. The molecule has 124 valence electrons. The standard InChI is InChI=1S/C15H12BrN3O4S/c1-23-15(20)14-12-8-10(5-6-13(12)17-18-14)19-24(21,22)11-4-2-3-9(16)7-11/h2-8,19H,1H3,(H,17,18). The number of sulfonamides is 1. The van der Waals surface area contributed by atoms with Crippen molar-refractivity contribution in [3.8, 4) is 0 Å². The Morgan fingerprint density at radius 2 is 2.04 bits per heavy atom. The zero-order chi connectivity index (χ0) is 17.3. The maximum atomic E-state index is 12.5. The van der Waals surface area contributed by atoms with Gasteiger partial charge in [0.05, 0.1) is 17.5 Å². The number of nitrogens with one attached hydrogen (secondary N) is 2. The van der Waals surface area contributed by atoms with Gasteiger partial charge in [0.1, 0.15) is 0 Å². The van der Waals surface area contributed by atoms with Gasteiger partial charge in [0.25, 0.3) is 10.0 Å². The smallest absolute Gasteiger partial charge is 0.359 e. The highest BCUT2D eigenvalue weighted by molar-refractivity contribution is 9.10. The van der Waals surface area contributed by atoms with E-state index < -0.39 is 16.0 Å². The second kappa shape index (κ2) is 6.25. The lowest BCUT2D eigenvalue weighted by molar-refractivity contribution is 0.0596. The second-order valence-corrected chi connectivity index (χ2v) is 7.49. The van der Waals surface area contributed by atoms with Crippen molar-refractivity contribution in [3.05, 3.63) is 52.6 Å². The maximum Gasteiger partial charge on any atom is 0.359 e. The van der Waals surface area contributed by atoms with Crippen LogP contribution in [0.5, 0.6) is 0 Å². The molecule has 3 rings (SSSR count). The predicted octanol–water partition coefficient (Wildman–Crippen LogP) is 2.91. The highest BCUT2D eigenvalue weighted by Crippen LogP contribution is 2.24. The molecule has 24 heavy (non-hydrogen) atoms. The summed E-state index contributed by atoms with van der Waals surface area (Å²) < 4.78 is 32.7. The van der Waals surface area contributed by atoms with Gasteiger partial charge in [0, 0.05) is 15.5 Å². The highest BCUT2D eigenvalue weighted by Gasteiger charge is 2.18. The second-order valence-electron chi connectivity index (χ2n) is 4.89. The summed E-state index contributed by atoms with van der Waals surface area (Å²) in [5, 5.41) is 7.06. The van der Waals surface area contributed by atoms with Gasteiger partial charge in [-0.15, -0.1) is 0 Å². The normalized spacial score (nSPS) is 11.4. The molecule has 2 N–H and O–H groups in total. The number of H-pyrrole nitrogens is 1. The van der Waals surface area contributed by atoms with Gasteiger partial charge in [-0.25, -0.2) is 13.2 Å². The van der Waals surface area contributed by atoms with Crippen molar-refractivity contribution in [2.75, 3.05) is 11.8 Å². The van der Waals surface area contributed by atoms with Crippen LogP contribution < -0.4 is 4.72 Å². The number of carbonyl (C=O) groups excluding carboxylic acids is 1. The minimum Gasteiger partial charge on any atom is -0.464 e. The Balaban J connectivity index is 1.99. The van der Waals surface area contributed by atoms with Crippen LogP contribution in [0.3, 0.4) is 0 Å². The first-order valence-electron chi connectivity index (χ1n) is 6.75. The molecule has 0 bridgehead atoms. The van der Waals surface area contributed by atoms with Gasteiger partial charge in [-0.3, -0.25) is 9.82 Å². The molecule has 7 nitrogen and oxygen atoms in total.